The maximum atomic E-state index is 11.9. The molecule has 16 heavy (non-hydrogen) atoms. The lowest BCUT2D eigenvalue weighted by atomic mass is 10.2. The maximum Gasteiger partial charge on any atom is 0.343 e. The van der Waals surface area contributed by atoms with Crippen LogP contribution in [0.25, 0.3) is 11.0 Å². The van der Waals surface area contributed by atoms with Gasteiger partial charge in [-0.2, -0.15) is 0 Å². The number of nitrogens with one attached hydrogen (secondary N) is 1. The van der Waals surface area contributed by atoms with E-state index in [0.717, 1.165) is 0 Å². The highest BCUT2D eigenvalue weighted by atomic mass is 16.5. The molecule has 6 heteroatoms. The van der Waals surface area contributed by atoms with Crippen molar-refractivity contribution in [2.45, 2.75) is 13.8 Å². The van der Waals surface area contributed by atoms with Crippen molar-refractivity contribution >= 4 is 17.0 Å². The predicted octanol–water partition coefficient (Wildman–Crippen LogP) is 1.00. The van der Waals surface area contributed by atoms with E-state index in [1.807, 2.05) is 0 Å². The van der Waals surface area contributed by atoms with Gasteiger partial charge >= 0.3 is 5.97 Å². The van der Waals surface area contributed by atoms with Gasteiger partial charge in [-0.3, -0.25) is 4.79 Å². The van der Waals surface area contributed by atoms with E-state index in [-0.39, 0.29) is 17.6 Å². The molecule has 0 radical (unpaired) electrons. The third kappa shape index (κ3) is 1.48. The van der Waals surface area contributed by atoms with Gasteiger partial charge in [-0.05, 0) is 13.8 Å². The number of carbonyl (C=O) groups excluding carboxylic acids is 1. The summed E-state index contributed by atoms with van der Waals surface area (Å²) in [6, 6.07) is 0. The van der Waals surface area contributed by atoms with Crippen LogP contribution in [-0.4, -0.2) is 22.7 Å². The molecule has 6 nitrogen and oxygen atoms in total. The highest BCUT2D eigenvalue weighted by Gasteiger charge is 2.17. The van der Waals surface area contributed by atoms with Gasteiger partial charge in [-0.25, -0.2) is 4.79 Å². The number of esters is 1. The Morgan fingerprint density at radius 1 is 1.62 bits per heavy atom. The monoisotopic (exact) mass is 222 g/mol. The van der Waals surface area contributed by atoms with Crippen LogP contribution < -0.4 is 5.43 Å². The number of carbonyl (C=O) groups is 1. The summed E-state index contributed by atoms with van der Waals surface area (Å²) in [6.45, 7) is 3.51. The standard InChI is InChI=1S/C10H10N2O4/c1-3-15-10(14)6-4-11-9-7(8(6)13)5(2)16-12-9/h4H,3H2,1-2H3,(H,11,12). The number of fused-ring (bicyclic) bond motifs is 1. The molecular weight excluding hydrogens is 212 g/mol. The van der Waals surface area contributed by atoms with E-state index in [4.69, 9.17) is 9.26 Å². The molecule has 0 spiro atoms. The van der Waals surface area contributed by atoms with Crippen molar-refractivity contribution < 1.29 is 14.1 Å². The molecule has 84 valence electrons. The lowest BCUT2D eigenvalue weighted by Crippen LogP contribution is -2.18. The Morgan fingerprint density at radius 3 is 3.06 bits per heavy atom. The molecule has 0 unspecified atom stereocenters. The summed E-state index contributed by atoms with van der Waals surface area (Å²) >= 11 is 0. The van der Waals surface area contributed by atoms with Gasteiger partial charge in [0.05, 0.1) is 6.61 Å². The van der Waals surface area contributed by atoms with Gasteiger partial charge in [0, 0.05) is 6.20 Å². The van der Waals surface area contributed by atoms with Crippen LogP contribution in [0.4, 0.5) is 0 Å². The number of aryl methyl sites for hydroxylation is 1. The van der Waals surface area contributed by atoms with Crippen molar-refractivity contribution in [2.24, 2.45) is 0 Å². The van der Waals surface area contributed by atoms with Crippen LogP contribution in [-0.2, 0) is 4.74 Å². The number of hydrogen-bond acceptors (Lipinski definition) is 5. The molecule has 0 aliphatic heterocycles. The van der Waals surface area contributed by atoms with Crippen LogP contribution in [0, 0.1) is 6.92 Å². The molecule has 2 heterocycles. The van der Waals surface area contributed by atoms with E-state index in [9.17, 15) is 9.59 Å². The molecule has 0 bridgehead atoms. The quantitative estimate of drug-likeness (QED) is 0.766. The fourth-order valence-corrected chi connectivity index (χ4v) is 1.44. The van der Waals surface area contributed by atoms with Gasteiger partial charge in [0.2, 0.25) is 5.43 Å². The Labute approximate surface area is 90.2 Å². The summed E-state index contributed by atoms with van der Waals surface area (Å²) in [5.41, 5.74) is -0.137. The second-order valence-corrected chi connectivity index (χ2v) is 3.21. The van der Waals surface area contributed by atoms with E-state index < -0.39 is 11.4 Å². The molecule has 2 rings (SSSR count). The topological polar surface area (TPSA) is 85.2 Å². The zero-order valence-corrected chi connectivity index (χ0v) is 8.86. The largest absolute Gasteiger partial charge is 0.462 e. The molecule has 0 saturated heterocycles. The Bertz CT molecular complexity index is 596. The Kier molecular flexibility index (Phi) is 2.47. The number of pyridine rings is 1. The number of hydrogen-bond donors (Lipinski definition) is 1. The minimum Gasteiger partial charge on any atom is -0.462 e. The number of H-pyrrole nitrogens is 1. The highest BCUT2D eigenvalue weighted by molar-refractivity contribution is 5.93. The Hall–Kier alpha value is -2.11. The van der Waals surface area contributed by atoms with Crippen molar-refractivity contribution in [1.82, 2.24) is 10.1 Å². The minimum absolute atomic E-state index is 0.0411. The van der Waals surface area contributed by atoms with Crippen LogP contribution in [0.5, 0.6) is 0 Å². The van der Waals surface area contributed by atoms with Crippen molar-refractivity contribution in [1.29, 1.82) is 0 Å². The zero-order chi connectivity index (χ0) is 11.7. The number of ether oxygens (including phenoxy) is 1. The van der Waals surface area contributed by atoms with Crippen LogP contribution >= 0.6 is 0 Å². The average molecular weight is 222 g/mol. The van der Waals surface area contributed by atoms with E-state index in [2.05, 4.69) is 10.1 Å². The van der Waals surface area contributed by atoms with Gasteiger partial charge in [-0.1, -0.05) is 5.16 Å². The Balaban J connectivity index is 2.64. The summed E-state index contributed by atoms with van der Waals surface area (Å²) in [4.78, 5) is 26.1. The van der Waals surface area contributed by atoms with Crippen LogP contribution in [0.15, 0.2) is 15.5 Å². The van der Waals surface area contributed by atoms with Crippen LogP contribution in [0.1, 0.15) is 23.0 Å². The molecule has 0 amide bonds. The Morgan fingerprint density at radius 2 is 2.38 bits per heavy atom. The van der Waals surface area contributed by atoms with Crippen molar-refractivity contribution in [3.8, 4) is 0 Å². The SMILES string of the molecule is CCOC(=O)c1c[nH]c2noc(C)c2c1=O. The smallest absolute Gasteiger partial charge is 0.343 e. The summed E-state index contributed by atoms with van der Waals surface area (Å²) in [5, 5.41) is 3.93. The molecular formula is C10H10N2O4. The molecule has 0 saturated carbocycles. The molecule has 0 aliphatic carbocycles. The van der Waals surface area contributed by atoms with E-state index in [1.54, 1.807) is 13.8 Å². The molecule has 0 atom stereocenters. The first-order valence-corrected chi connectivity index (χ1v) is 4.80. The second kappa shape index (κ2) is 3.80. The normalized spacial score (nSPS) is 10.6. The number of nitrogens with zero attached hydrogens (tertiary/aromatic N) is 1. The molecule has 0 aromatic carbocycles. The minimum atomic E-state index is -0.647. The molecule has 1 N–H and O–H groups in total. The van der Waals surface area contributed by atoms with E-state index in [0.29, 0.717) is 11.4 Å². The first-order valence-electron chi connectivity index (χ1n) is 4.80. The predicted molar refractivity (Wildman–Crippen MR) is 55.3 cm³/mol. The fraction of sp³-hybridized carbons (Fsp3) is 0.300. The van der Waals surface area contributed by atoms with Crippen LogP contribution in [0.3, 0.4) is 0 Å². The molecule has 2 aromatic heterocycles. The maximum absolute atomic E-state index is 11.9. The van der Waals surface area contributed by atoms with Gasteiger partial charge in [0.25, 0.3) is 0 Å². The summed E-state index contributed by atoms with van der Waals surface area (Å²) < 4.78 is 9.62. The second-order valence-electron chi connectivity index (χ2n) is 3.21. The molecule has 0 aliphatic rings. The number of rotatable bonds is 2. The third-order valence-electron chi connectivity index (χ3n) is 2.18. The number of aromatic amines is 1. The summed E-state index contributed by atoms with van der Waals surface area (Å²) in [5.74, 6) is -0.270. The van der Waals surface area contributed by atoms with Crippen molar-refractivity contribution in [2.75, 3.05) is 6.61 Å². The zero-order valence-electron chi connectivity index (χ0n) is 8.86. The fourth-order valence-electron chi connectivity index (χ4n) is 1.44. The molecule has 0 fully saturated rings. The van der Waals surface area contributed by atoms with Gasteiger partial charge in [-0.15, -0.1) is 0 Å². The van der Waals surface area contributed by atoms with Gasteiger partial charge in [0.1, 0.15) is 16.7 Å². The number of aromatic nitrogens is 2. The van der Waals surface area contributed by atoms with Crippen LogP contribution in [0.2, 0.25) is 0 Å². The first-order chi connectivity index (χ1) is 7.65. The van der Waals surface area contributed by atoms with Crippen molar-refractivity contribution in [3.05, 3.63) is 27.7 Å². The highest BCUT2D eigenvalue weighted by Crippen LogP contribution is 2.11. The van der Waals surface area contributed by atoms with E-state index >= 15 is 0 Å². The van der Waals surface area contributed by atoms with Gasteiger partial charge in [0.15, 0.2) is 5.65 Å². The lowest BCUT2D eigenvalue weighted by molar-refractivity contribution is 0.0524. The third-order valence-corrected chi connectivity index (χ3v) is 2.18. The lowest BCUT2D eigenvalue weighted by Gasteiger charge is -2.00. The summed E-state index contributed by atoms with van der Waals surface area (Å²) in [6.07, 6.45) is 1.28. The molecule has 2 aromatic rings. The van der Waals surface area contributed by atoms with E-state index in [1.165, 1.54) is 6.20 Å². The first kappa shape index (κ1) is 10.4. The van der Waals surface area contributed by atoms with Crippen molar-refractivity contribution in [3.63, 3.8) is 0 Å². The summed E-state index contributed by atoms with van der Waals surface area (Å²) in [7, 11) is 0. The average Bonchev–Trinajstić information content (AvgIpc) is 2.62. The van der Waals surface area contributed by atoms with Gasteiger partial charge < -0.3 is 14.2 Å².